The van der Waals surface area contributed by atoms with Crippen molar-refractivity contribution in [2.24, 2.45) is 0 Å². The zero-order chi connectivity index (χ0) is 18.9. The fourth-order valence-corrected chi connectivity index (χ4v) is 2.81. The van der Waals surface area contributed by atoms with Crippen molar-refractivity contribution in [1.29, 1.82) is 0 Å². The van der Waals surface area contributed by atoms with Crippen LogP contribution in [0.25, 0.3) is 0 Å². The maximum Gasteiger partial charge on any atom is 0.494 e. The Morgan fingerprint density at radius 1 is 1.19 bits per heavy atom. The third-order valence-electron chi connectivity index (χ3n) is 4.31. The molecule has 0 atom stereocenters. The molecule has 0 bridgehead atoms. The van der Waals surface area contributed by atoms with Gasteiger partial charge in [-0.25, -0.2) is 8.78 Å². The number of halogens is 2. The fourth-order valence-electron chi connectivity index (χ4n) is 2.81. The van der Waals surface area contributed by atoms with Crippen LogP contribution in [-0.2, 0) is 9.31 Å². The number of hydrogen-bond acceptors (Lipinski definition) is 3. The van der Waals surface area contributed by atoms with Crippen molar-refractivity contribution < 1.29 is 22.9 Å². The molecule has 7 heteroatoms. The van der Waals surface area contributed by atoms with Gasteiger partial charge in [0.1, 0.15) is 0 Å². The van der Waals surface area contributed by atoms with Gasteiger partial charge in [-0.1, -0.05) is 24.3 Å². The van der Waals surface area contributed by atoms with Crippen molar-refractivity contribution >= 4 is 24.2 Å². The van der Waals surface area contributed by atoms with E-state index in [9.17, 15) is 13.6 Å². The molecule has 0 aromatic heterocycles. The van der Waals surface area contributed by atoms with Crippen LogP contribution in [0.5, 0.6) is 0 Å². The van der Waals surface area contributed by atoms with Gasteiger partial charge in [0.2, 0.25) is 0 Å². The lowest BCUT2D eigenvalue weighted by Crippen LogP contribution is -2.36. The summed E-state index contributed by atoms with van der Waals surface area (Å²) in [6.07, 6.45) is -2.55. The Labute approximate surface area is 151 Å². The second-order valence-corrected chi connectivity index (χ2v) is 6.92. The van der Waals surface area contributed by atoms with Crippen molar-refractivity contribution in [3.63, 3.8) is 0 Å². The highest BCUT2D eigenvalue weighted by Gasteiger charge is 2.39. The molecule has 1 N–H and O–H groups in total. The van der Waals surface area contributed by atoms with Crippen LogP contribution in [0.4, 0.5) is 14.5 Å². The average molecular weight is 359 g/mol. The topological polar surface area (TPSA) is 47.6 Å². The van der Waals surface area contributed by atoms with E-state index < -0.39 is 13.5 Å². The van der Waals surface area contributed by atoms with Crippen LogP contribution in [0.2, 0.25) is 0 Å². The molecule has 1 saturated heterocycles. The molecule has 26 heavy (non-hydrogen) atoms. The molecule has 1 aliphatic heterocycles. The minimum absolute atomic E-state index is 0.113. The van der Waals surface area contributed by atoms with Crippen LogP contribution in [0.1, 0.15) is 41.8 Å². The Hall–Kier alpha value is -2.25. The number of benzene rings is 2. The van der Waals surface area contributed by atoms with Crippen molar-refractivity contribution in [1.82, 2.24) is 0 Å². The lowest BCUT2D eigenvalue weighted by molar-refractivity contribution is 0.102. The predicted molar refractivity (Wildman–Crippen MR) is 97.0 cm³/mol. The lowest BCUT2D eigenvalue weighted by Gasteiger charge is -2.17. The molecule has 1 fully saturated rings. The minimum atomic E-state index is -2.55. The molecule has 0 aliphatic carbocycles. The molecule has 4 nitrogen and oxygen atoms in total. The summed E-state index contributed by atoms with van der Waals surface area (Å²) < 4.78 is 36.8. The molecule has 1 amide bonds. The number of carbonyl (C=O) groups is 1. The predicted octanol–water partition coefficient (Wildman–Crippen LogP) is 3.71. The molecule has 2 aromatic carbocycles. The van der Waals surface area contributed by atoms with Gasteiger partial charge in [0.05, 0.1) is 12.2 Å². The van der Waals surface area contributed by atoms with E-state index >= 15 is 0 Å². The number of alkyl halides is 2. The summed E-state index contributed by atoms with van der Waals surface area (Å²) in [6, 6.07) is 10.8. The van der Waals surface area contributed by atoms with Gasteiger partial charge in [0, 0.05) is 16.8 Å². The monoisotopic (exact) mass is 359 g/mol. The van der Waals surface area contributed by atoms with Crippen LogP contribution in [0.15, 0.2) is 42.5 Å². The maximum absolute atomic E-state index is 12.6. The van der Waals surface area contributed by atoms with Crippen LogP contribution >= 0.6 is 0 Å². The molecule has 3 rings (SSSR count). The molecule has 1 heterocycles. The van der Waals surface area contributed by atoms with Gasteiger partial charge < -0.3 is 14.6 Å². The summed E-state index contributed by atoms with van der Waals surface area (Å²) >= 11 is 0. The Balaban J connectivity index is 1.77. The molecule has 0 saturated carbocycles. The Kier molecular flexibility index (Phi) is 5.11. The number of hydrogen-bond donors (Lipinski definition) is 1. The normalized spacial score (nSPS) is 16.2. The first kappa shape index (κ1) is 18.5. The van der Waals surface area contributed by atoms with Crippen molar-refractivity contribution in [2.75, 3.05) is 11.9 Å². The van der Waals surface area contributed by atoms with Crippen LogP contribution in [-0.4, -0.2) is 25.2 Å². The smallest absolute Gasteiger partial charge is 0.404 e. The summed E-state index contributed by atoms with van der Waals surface area (Å²) in [5.74, 6) is -0.361. The van der Waals surface area contributed by atoms with Crippen molar-refractivity contribution in [3.8, 4) is 0 Å². The number of amides is 1. The third kappa shape index (κ3) is 3.94. The standard InChI is InChI=1S/C19H20BF2NO3/c1-12-15(20-25-11-19(2,3)26-20)5-4-6-16(12)23-18(24)14-9-7-13(8-10-14)17(21)22/h4-10,17H,11H2,1-3H3,(H,23,24). The zero-order valence-electron chi connectivity index (χ0n) is 14.9. The van der Waals surface area contributed by atoms with E-state index in [2.05, 4.69) is 5.32 Å². The Morgan fingerprint density at radius 3 is 2.46 bits per heavy atom. The summed E-state index contributed by atoms with van der Waals surface area (Å²) in [7, 11) is -0.479. The molecule has 0 spiro atoms. The number of rotatable bonds is 4. The van der Waals surface area contributed by atoms with Crippen LogP contribution < -0.4 is 10.8 Å². The molecule has 136 valence electrons. The quantitative estimate of drug-likeness (QED) is 0.847. The first-order valence-corrected chi connectivity index (χ1v) is 8.35. The molecular formula is C19H20BF2NO3. The van der Waals surface area contributed by atoms with E-state index in [0.717, 1.165) is 11.0 Å². The molecule has 2 aromatic rings. The number of carbonyl (C=O) groups excluding carboxylic acids is 1. The second kappa shape index (κ2) is 7.17. The van der Waals surface area contributed by atoms with E-state index in [-0.39, 0.29) is 17.1 Å². The average Bonchev–Trinajstić information content (AvgIpc) is 2.96. The second-order valence-electron chi connectivity index (χ2n) is 6.92. The molecule has 1 aliphatic rings. The summed E-state index contributed by atoms with van der Waals surface area (Å²) in [4.78, 5) is 12.4. The van der Waals surface area contributed by atoms with Crippen LogP contribution in [0, 0.1) is 6.92 Å². The maximum atomic E-state index is 12.6. The van der Waals surface area contributed by atoms with E-state index in [4.69, 9.17) is 9.31 Å². The minimum Gasteiger partial charge on any atom is -0.404 e. The van der Waals surface area contributed by atoms with E-state index in [0.29, 0.717) is 17.9 Å². The van der Waals surface area contributed by atoms with E-state index in [1.165, 1.54) is 24.3 Å². The van der Waals surface area contributed by atoms with Gasteiger partial charge in [-0.05, 0) is 50.0 Å². The van der Waals surface area contributed by atoms with Gasteiger partial charge in [-0.2, -0.15) is 0 Å². The highest BCUT2D eigenvalue weighted by Crippen LogP contribution is 2.23. The third-order valence-corrected chi connectivity index (χ3v) is 4.31. The van der Waals surface area contributed by atoms with Gasteiger partial charge in [-0.3, -0.25) is 4.79 Å². The van der Waals surface area contributed by atoms with Gasteiger partial charge in [-0.15, -0.1) is 0 Å². The number of nitrogens with one attached hydrogen (secondary N) is 1. The van der Waals surface area contributed by atoms with Gasteiger partial charge in [0.15, 0.2) is 0 Å². The van der Waals surface area contributed by atoms with Crippen molar-refractivity contribution in [3.05, 3.63) is 59.2 Å². The Bertz CT molecular complexity index is 809. The van der Waals surface area contributed by atoms with E-state index in [1.807, 2.05) is 32.9 Å². The SMILES string of the molecule is Cc1c(NC(=O)c2ccc(C(F)F)cc2)cccc1B1OCC(C)(C)O1. The Morgan fingerprint density at radius 2 is 1.88 bits per heavy atom. The zero-order valence-corrected chi connectivity index (χ0v) is 14.9. The first-order valence-electron chi connectivity index (χ1n) is 8.35. The van der Waals surface area contributed by atoms with Gasteiger partial charge in [0.25, 0.3) is 12.3 Å². The highest BCUT2D eigenvalue weighted by molar-refractivity contribution is 6.62. The molecule has 0 unspecified atom stereocenters. The highest BCUT2D eigenvalue weighted by atomic mass is 19.3. The molecular weight excluding hydrogens is 339 g/mol. The lowest BCUT2D eigenvalue weighted by atomic mass is 9.76. The first-order chi connectivity index (χ1) is 12.3. The van der Waals surface area contributed by atoms with Crippen molar-refractivity contribution in [2.45, 2.75) is 32.8 Å². The number of anilines is 1. The molecule has 0 radical (unpaired) electrons. The van der Waals surface area contributed by atoms with Crippen LogP contribution in [0.3, 0.4) is 0 Å². The fraction of sp³-hybridized carbons (Fsp3) is 0.316. The largest absolute Gasteiger partial charge is 0.494 e. The van der Waals surface area contributed by atoms with Gasteiger partial charge >= 0.3 is 7.12 Å². The van der Waals surface area contributed by atoms with E-state index in [1.54, 1.807) is 6.07 Å². The summed E-state index contributed by atoms with van der Waals surface area (Å²) in [5.41, 5.74) is 2.16. The summed E-state index contributed by atoms with van der Waals surface area (Å²) in [6.45, 7) is 6.28. The summed E-state index contributed by atoms with van der Waals surface area (Å²) in [5, 5.41) is 2.82.